The van der Waals surface area contributed by atoms with Crippen LogP contribution in [0.15, 0.2) is 24.3 Å². The van der Waals surface area contributed by atoms with Crippen molar-refractivity contribution in [3.05, 3.63) is 29.8 Å². The highest BCUT2D eigenvalue weighted by molar-refractivity contribution is 6.74. The predicted octanol–water partition coefficient (Wildman–Crippen LogP) is 5.61. The first-order valence-corrected chi connectivity index (χ1v) is 14.3. The van der Waals surface area contributed by atoms with E-state index >= 15 is 0 Å². The first-order valence-electron chi connectivity index (χ1n) is 11.4. The van der Waals surface area contributed by atoms with Crippen LogP contribution in [0.25, 0.3) is 0 Å². The van der Waals surface area contributed by atoms with Crippen LogP contribution in [0.5, 0.6) is 5.75 Å². The lowest BCUT2D eigenvalue weighted by Crippen LogP contribution is -2.43. The summed E-state index contributed by atoms with van der Waals surface area (Å²) in [6.45, 7) is 12.9. The molecule has 166 valence electrons. The van der Waals surface area contributed by atoms with Gasteiger partial charge in [0, 0.05) is 17.9 Å². The van der Waals surface area contributed by atoms with Crippen LogP contribution in [0.4, 0.5) is 0 Å². The van der Waals surface area contributed by atoms with Gasteiger partial charge in [0.25, 0.3) is 0 Å². The van der Waals surface area contributed by atoms with Gasteiger partial charge in [-0.3, -0.25) is 0 Å². The third-order valence-corrected chi connectivity index (χ3v) is 13.5. The topological polar surface area (TPSA) is 44.8 Å². The number of rotatable bonds is 8. The number of carbonyl (C=O) groups is 1. The van der Waals surface area contributed by atoms with Crippen LogP contribution in [-0.2, 0) is 20.6 Å². The van der Waals surface area contributed by atoms with E-state index in [1.165, 1.54) is 18.3 Å². The Morgan fingerprint density at radius 1 is 1.20 bits per heavy atom. The van der Waals surface area contributed by atoms with Crippen LogP contribution < -0.4 is 4.74 Å². The molecule has 1 aromatic carbocycles. The Labute approximate surface area is 182 Å². The van der Waals surface area contributed by atoms with Gasteiger partial charge in [-0.15, -0.1) is 0 Å². The van der Waals surface area contributed by atoms with Gasteiger partial charge in [-0.1, -0.05) is 32.9 Å². The molecule has 30 heavy (non-hydrogen) atoms. The van der Waals surface area contributed by atoms with Crippen LogP contribution in [0.2, 0.25) is 18.1 Å². The van der Waals surface area contributed by atoms with Gasteiger partial charge in [-0.05, 0) is 72.8 Å². The molecule has 0 aromatic heterocycles. The molecular weight excluding hydrogens is 392 g/mol. The van der Waals surface area contributed by atoms with E-state index in [-0.39, 0.29) is 27.9 Å². The number of methoxy groups -OCH3 is 1. The lowest BCUT2D eigenvalue weighted by molar-refractivity contribution is -0.113. The molecule has 5 heteroatoms. The van der Waals surface area contributed by atoms with Crippen molar-refractivity contribution in [2.24, 2.45) is 22.7 Å². The van der Waals surface area contributed by atoms with Gasteiger partial charge in [0.1, 0.15) is 12.0 Å². The van der Waals surface area contributed by atoms with Crippen molar-refractivity contribution in [3.63, 3.8) is 0 Å². The van der Waals surface area contributed by atoms with Gasteiger partial charge in [0.2, 0.25) is 0 Å². The predicted molar refractivity (Wildman–Crippen MR) is 121 cm³/mol. The average molecular weight is 431 g/mol. The van der Waals surface area contributed by atoms with E-state index in [2.05, 4.69) is 46.0 Å². The lowest BCUT2D eigenvalue weighted by Gasteiger charge is -2.38. The second-order valence-corrected chi connectivity index (χ2v) is 16.2. The fourth-order valence-electron chi connectivity index (χ4n) is 6.01. The zero-order chi connectivity index (χ0) is 21.8. The van der Waals surface area contributed by atoms with Gasteiger partial charge in [-0.2, -0.15) is 0 Å². The second-order valence-electron chi connectivity index (χ2n) is 11.4. The fourth-order valence-corrected chi connectivity index (χ4v) is 7.06. The van der Waals surface area contributed by atoms with Crippen molar-refractivity contribution in [1.82, 2.24) is 0 Å². The summed E-state index contributed by atoms with van der Waals surface area (Å²) in [5, 5.41) is 0.195. The van der Waals surface area contributed by atoms with Gasteiger partial charge < -0.3 is 18.7 Å². The van der Waals surface area contributed by atoms with Crippen molar-refractivity contribution < 1.29 is 18.7 Å². The number of carbonyl (C=O) groups excluding carboxylic acids is 1. The number of ether oxygens (including phenoxy) is 2. The van der Waals surface area contributed by atoms with E-state index in [4.69, 9.17) is 13.9 Å². The molecule has 0 aliphatic heterocycles. The van der Waals surface area contributed by atoms with E-state index < -0.39 is 8.32 Å². The quantitative estimate of drug-likeness (QED) is 0.397. The summed E-state index contributed by atoms with van der Waals surface area (Å²) < 4.78 is 18.3. The molecule has 4 nitrogen and oxygen atoms in total. The molecule has 0 amide bonds. The minimum absolute atomic E-state index is 0.0627. The van der Waals surface area contributed by atoms with Crippen LogP contribution in [0, 0.1) is 22.7 Å². The molecule has 0 saturated heterocycles. The Balaban J connectivity index is 1.42. The summed E-state index contributed by atoms with van der Waals surface area (Å²) in [6.07, 6.45) is 5.88. The minimum Gasteiger partial charge on any atom is -0.497 e. The van der Waals surface area contributed by atoms with Crippen molar-refractivity contribution in [1.29, 1.82) is 0 Å². The van der Waals surface area contributed by atoms with Gasteiger partial charge in [-0.25, -0.2) is 0 Å². The minimum atomic E-state index is -1.82. The molecule has 3 fully saturated rings. The number of hydrogen-bond donors (Lipinski definition) is 0. The van der Waals surface area contributed by atoms with Crippen LogP contribution in [0.3, 0.4) is 0 Å². The Morgan fingerprint density at radius 3 is 2.50 bits per heavy atom. The van der Waals surface area contributed by atoms with E-state index in [1.807, 2.05) is 12.1 Å². The Hall–Kier alpha value is -1.17. The Morgan fingerprint density at radius 2 is 1.90 bits per heavy atom. The highest BCUT2D eigenvalue weighted by atomic mass is 28.4. The summed E-state index contributed by atoms with van der Waals surface area (Å²) in [5.74, 6) is 1.49. The molecule has 0 heterocycles. The summed E-state index contributed by atoms with van der Waals surface area (Å²) >= 11 is 0. The maximum atomic E-state index is 12.0. The van der Waals surface area contributed by atoms with E-state index in [0.717, 1.165) is 31.6 Å². The van der Waals surface area contributed by atoms with Gasteiger partial charge in [0.05, 0.1) is 19.8 Å². The van der Waals surface area contributed by atoms with Crippen molar-refractivity contribution >= 4 is 14.6 Å². The number of hydrogen-bond acceptors (Lipinski definition) is 4. The standard InChI is InChI=1S/C25H38O4Si/c1-23(2,3)30(5,6)29-17-25-16-24(25)12-11-22(21(24)13-19(25)14-26)28-15-18-7-9-20(27-4)10-8-18/h7-10,14,19,21-22H,11-13,15-17H2,1-6H3/t19-,21+,22-,24+,25+/m0/s1. The summed E-state index contributed by atoms with van der Waals surface area (Å²) in [4.78, 5) is 12.0. The van der Waals surface area contributed by atoms with E-state index in [0.29, 0.717) is 12.5 Å². The SMILES string of the molecule is COc1ccc(CO[C@H]2CC[C@]34C[C@@]3(CO[Si](C)(C)C(C)(C)C)[C@H](C=O)C[C@H]24)cc1. The van der Waals surface area contributed by atoms with Crippen LogP contribution in [0.1, 0.15) is 52.0 Å². The molecule has 3 saturated carbocycles. The third kappa shape index (κ3) is 3.37. The summed E-state index contributed by atoms with van der Waals surface area (Å²) in [7, 11) is -0.140. The highest BCUT2D eigenvalue weighted by Gasteiger charge is 2.80. The zero-order valence-electron chi connectivity index (χ0n) is 19.5. The molecule has 1 aromatic rings. The summed E-state index contributed by atoms with van der Waals surface area (Å²) in [5.41, 5.74) is 1.50. The molecule has 0 N–H and O–H groups in total. The van der Waals surface area contributed by atoms with Crippen molar-refractivity contribution in [3.8, 4) is 5.75 Å². The first-order chi connectivity index (χ1) is 14.1. The highest BCUT2D eigenvalue weighted by Crippen LogP contribution is 2.82. The van der Waals surface area contributed by atoms with Crippen LogP contribution in [-0.4, -0.2) is 34.4 Å². The zero-order valence-corrected chi connectivity index (χ0v) is 20.5. The molecule has 5 atom stereocenters. The Bertz CT molecular complexity index is 783. The maximum absolute atomic E-state index is 12.0. The van der Waals surface area contributed by atoms with Crippen LogP contribution >= 0.6 is 0 Å². The normalized spacial score (nSPS) is 35.1. The van der Waals surface area contributed by atoms with E-state index in [1.54, 1.807) is 7.11 Å². The van der Waals surface area contributed by atoms with Crippen molar-refractivity contribution in [2.75, 3.05) is 13.7 Å². The molecule has 0 unspecified atom stereocenters. The first kappa shape index (κ1) is 22.0. The monoisotopic (exact) mass is 430 g/mol. The molecule has 0 bridgehead atoms. The fraction of sp³-hybridized carbons (Fsp3) is 0.720. The average Bonchev–Trinajstić information content (AvgIpc) is 3.09. The van der Waals surface area contributed by atoms with Crippen molar-refractivity contribution in [2.45, 2.75) is 77.3 Å². The molecule has 1 spiro atoms. The molecule has 3 aliphatic rings. The van der Waals surface area contributed by atoms with Gasteiger partial charge in [0.15, 0.2) is 8.32 Å². The number of aldehydes is 1. The molecular formula is C25H38O4Si. The smallest absolute Gasteiger partial charge is 0.192 e. The van der Waals surface area contributed by atoms with Gasteiger partial charge >= 0.3 is 0 Å². The van der Waals surface area contributed by atoms with E-state index in [9.17, 15) is 4.79 Å². The molecule has 4 rings (SSSR count). The maximum Gasteiger partial charge on any atom is 0.192 e. The largest absolute Gasteiger partial charge is 0.497 e. The third-order valence-electron chi connectivity index (χ3n) is 9.03. The molecule has 3 aliphatic carbocycles. The number of benzene rings is 1. The Kier molecular flexibility index (Phi) is 5.48. The summed E-state index contributed by atoms with van der Waals surface area (Å²) in [6, 6.07) is 8.11. The second kappa shape index (κ2) is 7.46. The molecule has 0 radical (unpaired) electrons. The lowest BCUT2D eigenvalue weighted by atomic mass is 9.89.